The van der Waals surface area contributed by atoms with Gasteiger partial charge in [-0.15, -0.1) is 0 Å². The Balaban J connectivity index is 2.03. The SMILES string of the molecule is COc1cccc(CN)c1OCCc1ccsc1. The molecule has 0 amide bonds. The van der Waals surface area contributed by atoms with Gasteiger partial charge in [0.15, 0.2) is 11.5 Å². The Hall–Kier alpha value is -1.52. The second-order valence-electron chi connectivity index (χ2n) is 3.88. The molecule has 4 heteroatoms. The summed E-state index contributed by atoms with van der Waals surface area (Å²) in [5.41, 5.74) is 7.97. The summed E-state index contributed by atoms with van der Waals surface area (Å²) in [4.78, 5) is 0. The highest BCUT2D eigenvalue weighted by atomic mass is 32.1. The minimum Gasteiger partial charge on any atom is -0.493 e. The van der Waals surface area contributed by atoms with Crippen LogP contribution in [0.5, 0.6) is 11.5 Å². The molecule has 0 saturated heterocycles. The molecule has 0 aliphatic carbocycles. The van der Waals surface area contributed by atoms with Gasteiger partial charge in [0.25, 0.3) is 0 Å². The lowest BCUT2D eigenvalue weighted by Gasteiger charge is -2.13. The van der Waals surface area contributed by atoms with E-state index in [2.05, 4.69) is 16.8 Å². The molecule has 2 aromatic rings. The van der Waals surface area contributed by atoms with Crippen LogP contribution in [0.1, 0.15) is 11.1 Å². The van der Waals surface area contributed by atoms with Gasteiger partial charge in [-0.25, -0.2) is 0 Å². The maximum atomic E-state index is 5.82. The fraction of sp³-hybridized carbons (Fsp3) is 0.286. The van der Waals surface area contributed by atoms with Crippen LogP contribution in [0.3, 0.4) is 0 Å². The van der Waals surface area contributed by atoms with E-state index in [9.17, 15) is 0 Å². The summed E-state index contributed by atoms with van der Waals surface area (Å²) in [6.07, 6.45) is 0.894. The first-order chi connectivity index (χ1) is 8.85. The smallest absolute Gasteiger partial charge is 0.165 e. The number of methoxy groups -OCH3 is 1. The number of benzene rings is 1. The van der Waals surface area contributed by atoms with Crippen molar-refractivity contribution in [2.75, 3.05) is 13.7 Å². The monoisotopic (exact) mass is 263 g/mol. The van der Waals surface area contributed by atoms with Crippen molar-refractivity contribution < 1.29 is 9.47 Å². The zero-order valence-electron chi connectivity index (χ0n) is 10.4. The number of thiophene rings is 1. The zero-order chi connectivity index (χ0) is 12.8. The molecule has 0 fully saturated rings. The molecule has 1 aromatic heterocycles. The third-order valence-electron chi connectivity index (χ3n) is 2.72. The lowest BCUT2D eigenvalue weighted by atomic mass is 10.2. The van der Waals surface area contributed by atoms with Crippen LogP contribution in [-0.4, -0.2) is 13.7 Å². The fourth-order valence-electron chi connectivity index (χ4n) is 1.75. The van der Waals surface area contributed by atoms with Crippen LogP contribution < -0.4 is 15.2 Å². The van der Waals surface area contributed by atoms with Crippen molar-refractivity contribution in [1.82, 2.24) is 0 Å². The first-order valence-corrected chi connectivity index (χ1v) is 6.79. The van der Waals surface area contributed by atoms with Crippen molar-refractivity contribution in [3.63, 3.8) is 0 Å². The molecular formula is C14H17NO2S. The van der Waals surface area contributed by atoms with Gasteiger partial charge in [0.2, 0.25) is 0 Å². The number of hydrogen-bond acceptors (Lipinski definition) is 4. The maximum absolute atomic E-state index is 5.82. The highest BCUT2D eigenvalue weighted by molar-refractivity contribution is 7.07. The highest BCUT2D eigenvalue weighted by Gasteiger charge is 2.09. The van der Waals surface area contributed by atoms with Crippen LogP contribution in [0.25, 0.3) is 0 Å². The van der Waals surface area contributed by atoms with E-state index >= 15 is 0 Å². The van der Waals surface area contributed by atoms with Gasteiger partial charge in [0.05, 0.1) is 13.7 Å². The van der Waals surface area contributed by atoms with Gasteiger partial charge in [-0.3, -0.25) is 0 Å². The lowest BCUT2D eigenvalue weighted by Crippen LogP contribution is -2.06. The summed E-state index contributed by atoms with van der Waals surface area (Å²) in [5.74, 6) is 1.50. The Labute approximate surface area is 111 Å². The predicted octanol–water partition coefficient (Wildman–Crippen LogP) is 2.84. The summed E-state index contributed by atoms with van der Waals surface area (Å²) >= 11 is 1.70. The fourth-order valence-corrected chi connectivity index (χ4v) is 2.46. The van der Waals surface area contributed by atoms with Gasteiger partial charge in [-0.2, -0.15) is 11.3 Å². The van der Waals surface area contributed by atoms with E-state index in [-0.39, 0.29) is 0 Å². The van der Waals surface area contributed by atoms with Crippen LogP contribution in [-0.2, 0) is 13.0 Å². The van der Waals surface area contributed by atoms with E-state index in [1.807, 2.05) is 18.2 Å². The molecule has 96 valence electrons. The normalized spacial score (nSPS) is 10.3. The molecule has 0 unspecified atom stereocenters. The average Bonchev–Trinajstić information content (AvgIpc) is 2.92. The van der Waals surface area contributed by atoms with Crippen molar-refractivity contribution in [3.05, 3.63) is 46.2 Å². The van der Waals surface area contributed by atoms with E-state index in [1.54, 1.807) is 18.4 Å². The van der Waals surface area contributed by atoms with Gasteiger partial charge >= 0.3 is 0 Å². The maximum Gasteiger partial charge on any atom is 0.165 e. The van der Waals surface area contributed by atoms with Crippen LogP contribution in [0.2, 0.25) is 0 Å². The topological polar surface area (TPSA) is 44.5 Å². The van der Waals surface area contributed by atoms with Crippen molar-refractivity contribution in [1.29, 1.82) is 0 Å². The summed E-state index contributed by atoms with van der Waals surface area (Å²) in [5, 5.41) is 4.21. The zero-order valence-corrected chi connectivity index (χ0v) is 11.2. The summed E-state index contributed by atoms with van der Waals surface area (Å²) in [6, 6.07) is 7.88. The molecule has 0 radical (unpaired) electrons. The molecule has 0 atom stereocenters. The molecule has 0 spiro atoms. The summed E-state index contributed by atoms with van der Waals surface area (Å²) in [6.45, 7) is 1.08. The standard InChI is InChI=1S/C14H17NO2S/c1-16-13-4-2-3-12(9-15)14(13)17-7-5-11-6-8-18-10-11/h2-4,6,8,10H,5,7,9,15H2,1H3. The highest BCUT2D eigenvalue weighted by Crippen LogP contribution is 2.30. The Kier molecular flexibility index (Phi) is 4.61. The number of ether oxygens (including phenoxy) is 2. The van der Waals surface area contributed by atoms with Crippen LogP contribution in [0, 0.1) is 0 Å². The average molecular weight is 263 g/mol. The predicted molar refractivity (Wildman–Crippen MR) is 74.4 cm³/mol. The Morgan fingerprint density at radius 2 is 2.17 bits per heavy atom. The summed E-state index contributed by atoms with van der Waals surface area (Å²) in [7, 11) is 1.64. The molecule has 1 aromatic carbocycles. The van der Waals surface area contributed by atoms with Crippen LogP contribution in [0.15, 0.2) is 35.0 Å². The van der Waals surface area contributed by atoms with E-state index in [4.69, 9.17) is 15.2 Å². The lowest BCUT2D eigenvalue weighted by molar-refractivity contribution is 0.294. The number of nitrogens with two attached hydrogens (primary N) is 1. The number of hydrogen-bond donors (Lipinski definition) is 1. The first-order valence-electron chi connectivity index (χ1n) is 5.85. The minimum atomic E-state index is 0.449. The third-order valence-corrected chi connectivity index (χ3v) is 3.45. The van der Waals surface area contributed by atoms with Gasteiger partial charge in [0, 0.05) is 18.5 Å². The van der Waals surface area contributed by atoms with E-state index in [0.29, 0.717) is 13.2 Å². The molecule has 3 nitrogen and oxygen atoms in total. The van der Waals surface area contributed by atoms with Gasteiger partial charge < -0.3 is 15.2 Å². The quantitative estimate of drug-likeness (QED) is 0.871. The molecule has 18 heavy (non-hydrogen) atoms. The molecule has 0 bridgehead atoms. The van der Waals surface area contributed by atoms with Crippen molar-refractivity contribution in [2.45, 2.75) is 13.0 Å². The molecule has 0 aliphatic rings. The Bertz CT molecular complexity index is 460. The summed E-state index contributed by atoms with van der Waals surface area (Å²) < 4.78 is 11.1. The molecule has 0 saturated carbocycles. The molecule has 2 N–H and O–H groups in total. The van der Waals surface area contributed by atoms with E-state index in [0.717, 1.165) is 23.5 Å². The molecule has 0 aliphatic heterocycles. The Morgan fingerprint density at radius 1 is 1.28 bits per heavy atom. The van der Waals surface area contributed by atoms with Crippen molar-refractivity contribution >= 4 is 11.3 Å². The largest absolute Gasteiger partial charge is 0.493 e. The second kappa shape index (κ2) is 6.42. The van der Waals surface area contributed by atoms with E-state index in [1.165, 1.54) is 5.56 Å². The molecule has 2 rings (SSSR count). The first kappa shape index (κ1) is 12.9. The van der Waals surface area contributed by atoms with Gasteiger partial charge in [-0.05, 0) is 28.5 Å². The van der Waals surface area contributed by atoms with E-state index < -0.39 is 0 Å². The minimum absolute atomic E-state index is 0.449. The van der Waals surface area contributed by atoms with Gasteiger partial charge in [0.1, 0.15) is 0 Å². The Morgan fingerprint density at radius 3 is 2.83 bits per heavy atom. The third kappa shape index (κ3) is 3.03. The second-order valence-corrected chi connectivity index (χ2v) is 4.66. The van der Waals surface area contributed by atoms with Crippen molar-refractivity contribution in [2.24, 2.45) is 5.73 Å². The van der Waals surface area contributed by atoms with Crippen LogP contribution in [0.4, 0.5) is 0 Å². The number of para-hydroxylation sites is 1. The molecule has 1 heterocycles. The van der Waals surface area contributed by atoms with Crippen molar-refractivity contribution in [3.8, 4) is 11.5 Å². The van der Waals surface area contributed by atoms with Crippen LogP contribution >= 0.6 is 11.3 Å². The van der Waals surface area contributed by atoms with Gasteiger partial charge in [-0.1, -0.05) is 12.1 Å². The number of rotatable bonds is 6. The molecular weight excluding hydrogens is 246 g/mol.